The Morgan fingerprint density at radius 1 is 1.44 bits per heavy atom. The number of aliphatic hydroxyl groups excluding tert-OH is 1. The first-order chi connectivity index (χ1) is 7.52. The Morgan fingerprint density at radius 3 is 2.69 bits per heavy atom. The van der Waals surface area contributed by atoms with Gasteiger partial charge in [-0.25, -0.2) is 0 Å². The molecular formula is C12H18N2OS. The van der Waals surface area contributed by atoms with Gasteiger partial charge in [-0.2, -0.15) is 0 Å². The molecule has 0 amide bonds. The molecule has 0 heterocycles. The van der Waals surface area contributed by atoms with Gasteiger partial charge in [0.1, 0.15) is 0 Å². The minimum Gasteiger partial charge on any atom is -0.394 e. The van der Waals surface area contributed by atoms with Crippen molar-refractivity contribution in [1.29, 1.82) is 0 Å². The van der Waals surface area contributed by atoms with Crippen molar-refractivity contribution in [2.75, 3.05) is 11.9 Å². The number of benzene rings is 1. The van der Waals surface area contributed by atoms with Gasteiger partial charge < -0.3 is 15.7 Å². The number of thiocarbonyl (C=S) groups is 1. The predicted molar refractivity (Wildman–Crippen MR) is 71.8 cm³/mol. The fraction of sp³-hybridized carbons (Fsp3) is 0.417. The highest BCUT2D eigenvalue weighted by Crippen LogP contribution is 2.15. The lowest BCUT2D eigenvalue weighted by atomic mass is 10.1. The fourth-order valence-corrected chi connectivity index (χ4v) is 1.69. The Hall–Kier alpha value is -1.13. The minimum atomic E-state index is -0.0363. The maximum atomic E-state index is 8.89. The van der Waals surface area contributed by atoms with Gasteiger partial charge in [0.25, 0.3) is 0 Å². The summed E-state index contributed by atoms with van der Waals surface area (Å²) in [6.07, 6.45) is 0. The zero-order chi connectivity index (χ0) is 12.1. The molecule has 0 fully saturated rings. The van der Waals surface area contributed by atoms with Crippen LogP contribution < -0.4 is 10.6 Å². The van der Waals surface area contributed by atoms with Gasteiger partial charge >= 0.3 is 0 Å². The molecule has 1 unspecified atom stereocenters. The van der Waals surface area contributed by atoms with E-state index in [4.69, 9.17) is 17.3 Å². The molecule has 0 radical (unpaired) electrons. The van der Waals surface area contributed by atoms with Crippen molar-refractivity contribution >= 4 is 23.0 Å². The molecule has 0 bridgehead atoms. The highest BCUT2D eigenvalue weighted by atomic mass is 32.1. The van der Waals surface area contributed by atoms with Gasteiger partial charge in [-0.1, -0.05) is 17.7 Å². The minimum absolute atomic E-state index is 0.0363. The monoisotopic (exact) mass is 238 g/mol. The summed E-state index contributed by atoms with van der Waals surface area (Å²) in [5.74, 6) is 0. The second kappa shape index (κ2) is 5.82. The summed E-state index contributed by atoms with van der Waals surface area (Å²) in [4.78, 5) is 0. The van der Waals surface area contributed by atoms with Gasteiger partial charge in [0, 0.05) is 11.7 Å². The van der Waals surface area contributed by atoms with E-state index in [9.17, 15) is 0 Å². The number of aryl methyl sites for hydroxylation is 2. The summed E-state index contributed by atoms with van der Waals surface area (Å²) in [6, 6.07) is 6.10. The van der Waals surface area contributed by atoms with Crippen LogP contribution in [-0.2, 0) is 0 Å². The Morgan fingerprint density at radius 2 is 2.12 bits per heavy atom. The molecule has 0 aromatic heterocycles. The molecule has 88 valence electrons. The van der Waals surface area contributed by atoms with Crippen LogP contribution in [0.1, 0.15) is 18.1 Å². The van der Waals surface area contributed by atoms with E-state index in [1.807, 2.05) is 26.0 Å². The van der Waals surface area contributed by atoms with Crippen LogP contribution in [0.4, 0.5) is 5.69 Å². The molecule has 0 saturated carbocycles. The lowest BCUT2D eigenvalue weighted by Gasteiger charge is -2.16. The molecule has 4 heteroatoms. The van der Waals surface area contributed by atoms with E-state index < -0.39 is 0 Å². The second-order valence-corrected chi connectivity index (χ2v) is 4.41. The third kappa shape index (κ3) is 3.79. The van der Waals surface area contributed by atoms with E-state index in [0.717, 1.165) is 11.3 Å². The van der Waals surface area contributed by atoms with Gasteiger partial charge in [-0.15, -0.1) is 0 Å². The largest absolute Gasteiger partial charge is 0.394 e. The Balaban J connectivity index is 2.63. The molecule has 0 aliphatic rings. The van der Waals surface area contributed by atoms with Crippen LogP contribution >= 0.6 is 12.2 Å². The summed E-state index contributed by atoms with van der Waals surface area (Å²) >= 11 is 5.14. The fourth-order valence-electron chi connectivity index (χ4n) is 1.38. The zero-order valence-electron chi connectivity index (χ0n) is 9.87. The van der Waals surface area contributed by atoms with E-state index >= 15 is 0 Å². The lowest BCUT2D eigenvalue weighted by molar-refractivity contribution is 0.264. The van der Waals surface area contributed by atoms with Crippen molar-refractivity contribution in [3.05, 3.63) is 29.3 Å². The molecule has 1 atom stereocenters. The zero-order valence-corrected chi connectivity index (χ0v) is 10.7. The summed E-state index contributed by atoms with van der Waals surface area (Å²) in [5, 5.41) is 15.5. The molecule has 0 aliphatic heterocycles. The molecule has 1 aromatic rings. The number of aliphatic hydroxyl groups is 1. The molecule has 0 saturated heterocycles. The van der Waals surface area contributed by atoms with Crippen molar-refractivity contribution < 1.29 is 5.11 Å². The van der Waals surface area contributed by atoms with Crippen molar-refractivity contribution in [2.24, 2.45) is 0 Å². The van der Waals surface area contributed by atoms with Crippen LogP contribution in [0.25, 0.3) is 0 Å². The Labute approximate surface area is 102 Å². The van der Waals surface area contributed by atoms with Crippen molar-refractivity contribution in [1.82, 2.24) is 5.32 Å². The van der Waals surface area contributed by atoms with E-state index in [1.165, 1.54) is 5.56 Å². The molecule has 3 N–H and O–H groups in total. The van der Waals surface area contributed by atoms with Crippen LogP contribution in [0.2, 0.25) is 0 Å². The lowest BCUT2D eigenvalue weighted by Crippen LogP contribution is -2.38. The van der Waals surface area contributed by atoms with Crippen LogP contribution in [-0.4, -0.2) is 22.9 Å². The number of hydrogen-bond donors (Lipinski definition) is 3. The molecule has 0 spiro atoms. The Bertz CT molecular complexity index is 379. The van der Waals surface area contributed by atoms with Crippen molar-refractivity contribution in [3.63, 3.8) is 0 Å². The highest BCUT2D eigenvalue weighted by Gasteiger charge is 2.04. The van der Waals surface area contributed by atoms with E-state index in [1.54, 1.807) is 0 Å². The Kier molecular flexibility index (Phi) is 4.71. The van der Waals surface area contributed by atoms with Crippen LogP contribution in [0, 0.1) is 13.8 Å². The number of rotatable bonds is 3. The SMILES string of the molecule is Cc1ccc(NC(=S)NC(C)CO)c(C)c1. The van der Waals surface area contributed by atoms with E-state index in [-0.39, 0.29) is 12.6 Å². The smallest absolute Gasteiger partial charge is 0.171 e. The maximum absolute atomic E-state index is 8.89. The molecule has 0 aliphatic carbocycles. The standard InChI is InChI=1S/C12H18N2OS/c1-8-4-5-11(9(2)6-8)14-12(16)13-10(3)7-15/h4-6,10,15H,7H2,1-3H3,(H2,13,14,16). The van der Waals surface area contributed by atoms with Crippen molar-refractivity contribution in [2.45, 2.75) is 26.8 Å². The quantitative estimate of drug-likeness (QED) is 0.705. The van der Waals surface area contributed by atoms with Crippen LogP contribution in [0.3, 0.4) is 0 Å². The summed E-state index contributed by atoms with van der Waals surface area (Å²) in [6.45, 7) is 6.03. The normalized spacial score (nSPS) is 12.0. The first kappa shape index (κ1) is 12.9. The topological polar surface area (TPSA) is 44.3 Å². The summed E-state index contributed by atoms with van der Waals surface area (Å²) < 4.78 is 0. The summed E-state index contributed by atoms with van der Waals surface area (Å²) in [5.41, 5.74) is 3.37. The average Bonchev–Trinajstić information content (AvgIpc) is 2.22. The van der Waals surface area contributed by atoms with Gasteiger partial charge in [0.2, 0.25) is 0 Å². The third-order valence-electron chi connectivity index (χ3n) is 2.28. The average molecular weight is 238 g/mol. The van der Waals surface area contributed by atoms with E-state index in [2.05, 4.69) is 23.6 Å². The van der Waals surface area contributed by atoms with Crippen molar-refractivity contribution in [3.8, 4) is 0 Å². The van der Waals surface area contributed by atoms with Crippen LogP contribution in [0.15, 0.2) is 18.2 Å². The maximum Gasteiger partial charge on any atom is 0.171 e. The molecule has 1 aromatic carbocycles. The van der Waals surface area contributed by atoms with Gasteiger partial charge in [0.15, 0.2) is 5.11 Å². The first-order valence-corrected chi connectivity index (χ1v) is 5.69. The second-order valence-electron chi connectivity index (χ2n) is 4.00. The van der Waals surface area contributed by atoms with E-state index in [0.29, 0.717) is 5.11 Å². The number of hydrogen-bond acceptors (Lipinski definition) is 2. The predicted octanol–water partition coefficient (Wildman–Crippen LogP) is 1.97. The van der Waals surface area contributed by atoms with Gasteiger partial charge in [-0.3, -0.25) is 0 Å². The molecular weight excluding hydrogens is 220 g/mol. The van der Waals surface area contributed by atoms with Crippen LogP contribution in [0.5, 0.6) is 0 Å². The first-order valence-electron chi connectivity index (χ1n) is 5.28. The van der Waals surface area contributed by atoms with Gasteiger partial charge in [0.05, 0.1) is 6.61 Å². The highest BCUT2D eigenvalue weighted by molar-refractivity contribution is 7.80. The molecule has 3 nitrogen and oxygen atoms in total. The number of nitrogens with one attached hydrogen (secondary N) is 2. The summed E-state index contributed by atoms with van der Waals surface area (Å²) in [7, 11) is 0. The van der Waals surface area contributed by atoms with Gasteiger partial charge in [-0.05, 0) is 44.6 Å². The number of anilines is 1. The molecule has 16 heavy (non-hydrogen) atoms. The third-order valence-corrected chi connectivity index (χ3v) is 2.50. The molecule has 1 rings (SSSR count).